The molecule has 3 nitrogen and oxygen atoms in total. The Morgan fingerprint density at radius 3 is 2.10 bits per heavy atom. The first kappa shape index (κ1) is 9.22. The SMILES string of the molecule is C[C@@H](NC(F)(F)F)C(=O)O. The number of rotatable bonds is 2. The first-order valence-electron chi connectivity index (χ1n) is 2.40. The van der Waals surface area contributed by atoms with Gasteiger partial charge in [-0.2, -0.15) is 13.2 Å². The largest absolute Gasteiger partial charge is 0.480 e. The van der Waals surface area contributed by atoms with Crippen molar-refractivity contribution in [3.05, 3.63) is 0 Å². The second-order valence-electron chi connectivity index (χ2n) is 1.70. The van der Waals surface area contributed by atoms with Crippen molar-refractivity contribution in [3.8, 4) is 0 Å². The normalized spacial score (nSPS) is 14.8. The number of carbonyl (C=O) groups is 1. The van der Waals surface area contributed by atoms with E-state index in [0.29, 0.717) is 0 Å². The van der Waals surface area contributed by atoms with Crippen LogP contribution < -0.4 is 5.32 Å². The van der Waals surface area contributed by atoms with E-state index in [0.717, 1.165) is 12.2 Å². The van der Waals surface area contributed by atoms with E-state index in [-0.39, 0.29) is 0 Å². The number of hydrogen-bond donors (Lipinski definition) is 2. The van der Waals surface area contributed by atoms with Gasteiger partial charge < -0.3 is 5.11 Å². The molecule has 0 saturated heterocycles. The van der Waals surface area contributed by atoms with Gasteiger partial charge in [-0.25, -0.2) is 5.32 Å². The molecule has 0 aromatic rings. The minimum Gasteiger partial charge on any atom is -0.480 e. The fraction of sp³-hybridized carbons (Fsp3) is 0.750. The number of halogens is 3. The van der Waals surface area contributed by atoms with Gasteiger partial charge in [0.05, 0.1) is 0 Å². The Balaban J connectivity index is 3.80. The lowest BCUT2D eigenvalue weighted by Crippen LogP contribution is -2.43. The minimum atomic E-state index is -4.63. The quantitative estimate of drug-likeness (QED) is 0.576. The zero-order chi connectivity index (χ0) is 8.36. The Morgan fingerprint density at radius 1 is 1.60 bits per heavy atom. The maximum absolute atomic E-state index is 11.3. The monoisotopic (exact) mass is 157 g/mol. The highest BCUT2D eigenvalue weighted by molar-refractivity contribution is 5.72. The van der Waals surface area contributed by atoms with Gasteiger partial charge >= 0.3 is 12.3 Å². The van der Waals surface area contributed by atoms with Crippen molar-refractivity contribution >= 4 is 5.97 Å². The van der Waals surface area contributed by atoms with Gasteiger partial charge in [-0.1, -0.05) is 0 Å². The number of alkyl halides is 3. The Kier molecular flexibility index (Phi) is 2.65. The van der Waals surface area contributed by atoms with E-state index in [4.69, 9.17) is 5.11 Å². The molecule has 0 amide bonds. The van der Waals surface area contributed by atoms with Crippen molar-refractivity contribution in [3.63, 3.8) is 0 Å². The van der Waals surface area contributed by atoms with Crippen molar-refractivity contribution in [2.75, 3.05) is 0 Å². The summed E-state index contributed by atoms with van der Waals surface area (Å²) in [6, 6.07) is -1.60. The summed E-state index contributed by atoms with van der Waals surface area (Å²) in [6.45, 7) is 0.913. The Hall–Kier alpha value is -0.780. The van der Waals surface area contributed by atoms with Crippen LogP contribution in [0.2, 0.25) is 0 Å². The molecular weight excluding hydrogens is 151 g/mol. The summed E-state index contributed by atoms with van der Waals surface area (Å²) in [7, 11) is 0. The summed E-state index contributed by atoms with van der Waals surface area (Å²) >= 11 is 0. The maximum Gasteiger partial charge on any atom is 0.457 e. The highest BCUT2D eigenvalue weighted by atomic mass is 19.4. The minimum absolute atomic E-state index is 0.913. The summed E-state index contributed by atoms with van der Waals surface area (Å²) < 4.78 is 33.9. The lowest BCUT2D eigenvalue weighted by molar-refractivity contribution is -0.173. The molecule has 0 aromatic heterocycles. The smallest absolute Gasteiger partial charge is 0.457 e. The van der Waals surface area contributed by atoms with Crippen LogP contribution in [0.1, 0.15) is 6.92 Å². The zero-order valence-electron chi connectivity index (χ0n) is 5.07. The van der Waals surface area contributed by atoms with Crippen LogP contribution >= 0.6 is 0 Å². The molecule has 1 atom stereocenters. The molecule has 10 heavy (non-hydrogen) atoms. The molecule has 0 bridgehead atoms. The average Bonchev–Trinajstić information content (AvgIpc) is 1.60. The second kappa shape index (κ2) is 2.87. The molecule has 0 unspecified atom stereocenters. The third-order valence-electron chi connectivity index (χ3n) is 0.751. The highest BCUT2D eigenvalue weighted by Gasteiger charge is 2.31. The predicted molar refractivity (Wildman–Crippen MR) is 26.3 cm³/mol. The van der Waals surface area contributed by atoms with Crippen molar-refractivity contribution in [2.45, 2.75) is 19.3 Å². The third kappa shape index (κ3) is 4.13. The van der Waals surface area contributed by atoms with E-state index in [1.54, 1.807) is 0 Å². The zero-order valence-corrected chi connectivity index (χ0v) is 5.07. The molecule has 0 aliphatic heterocycles. The number of hydrogen-bond acceptors (Lipinski definition) is 2. The molecule has 2 N–H and O–H groups in total. The third-order valence-corrected chi connectivity index (χ3v) is 0.751. The Bertz CT molecular complexity index is 133. The summed E-state index contributed by atoms with van der Waals surface area (Å²) in [6.07, 6.45) is -4.63. The lowest BCUT2D eigenvalue weighted by Gasteiger charge is -2.11. The molecule has 0 aliphatic rings. The van der Waals surface area contributed by atoms with Gasteiger partial charge in [0.15, 0.2) is 0 Å². The second-order valence-corrected chi connectivity index (χ2v) is 1.70. The van der Waals surface area contributed by atoms with Gasteiger partial charge in [0.2, 0.25) is 0 Å². The number of aliphatic carboxylic acids is 1. The van der Waals surface area contributed by atoms with Crippen LogP contribution in [0.25, 0.3) is 0 Å². The van der Waals surface area contributed by atoms with E-state index in [1.807, 2.05) is 0 Å². The van der Waals surface area contributed by atoms with Gasteiger partial charge in [-0.3, -0.25) is 4.79 Å². The predicted octanol–water partition coefficient (Wildman–Crippen LogP) is 0.569. The molecule has 0 aliphatic carbocycles. The topological polar surface area (TPSA) is 49.3 Å². The number of nitrogens with one attached hydrogen (secondary N) is 1. The van der Waals surface area contributed by atoms with E-state index in [9.17, 15) is 18.0 Å². The lowest BCUT2D eigenvalue weighted by atomic mass is 10.3. The van der Waals surface area contributed by atoms with Crippen molar-refractivity contribution in [2.24, 2.45) is 0 Å². The van der Waals surface area contributed by atoms with Crippen LogP contribution in [-0.4, -0.2) is 23.4 Å². The molecular formula is C4H6F3NO2. The molecule has 0 spiro atoms. The summed E-state index contributed by atoms with van der Waals surface area (Å²) in [5.41, 5.74) is 0. The standard InChI is InChI=1S/C4H6F3NO2/c1-2(3(9)10)8-4(5,6)7/h2,8H,1H3,(H,9,10)/t2-/m1/s1. The Labute approximate surface area is 54.8 Å². The fourth-order valence-electron chi connectivity index (χ4n) is 0.307. The van der Waals surface area contributed by atoms with Crippen LogP contribution in [0.15, 0.2) is 0 Å². The maximum atomic E-state index is 11.3. The van der Waals surface area contributed by atoms with E-state index in [2.05, 4.69) is 0 Å². The molecule has 0 heterocycles. The van der Waals surface area contributed by atoms with Crippen LogP contribution in [0, 0.1) is 0 Å². The average molecular weight is 157 g/mol. The first-order chi connectivity index (χ1) is 4.33. The summed E-state index contributed by atoms with van der Waals surface area (Å²) in [5, 5.41) is 8.90. The highest BCUT2D eigenvalue weighted by Crippen LogP contribution is 2.10. The van der Waals surface area contributed by atoms with E-state index < -0.39 is 18.3 Å². The number of carboxylic acids is 1. The van der Waals surface area contributed by atoms with Crippen LogP contribution in [-0.2, 0) is 4.79 Å². The van der Waals surface area contributed by atoms with Gasteiger partial charge in [-0.05, 0) is 6.92 Å². The molecule has 0 saturated carbocycles. The van der Waals surface area contributed by atoms with Crippen molar-refractivity contribution in [1.82, 2.24) is 5.32 Å². The first-order valence-corrected chi connectivity index (χ1v) is 2.40. The number of carboxylic acid groups (broad SMARTS) is 1. The molecule has 0 rings (SSSR count). The fourth-order valence-corrected chi connectivity index (χ4v) is 0.307. The van der Waals surface area contributed by atoms with Crippen molar-refractivity contribution < 1.29 is 23.1 Å². The molecule has 0 fully saturated rings. The van der Waals surface area contributed by atoms with Crippen LogP contribution in [0.3, 0.4) is 0 Å². The molecule has 0 aromatic carbocycles. The Morgan fingerprint density at radius 2 is 2.00 bits per heavy atom. The molecule has 0 radical (unpaired) electrons. The van der Waals surface area contributed by atoms with E-state index in [1.165, 1.54) is 0 Å². The van der Waals surface area contributed by atoms with Crippen LogP contribution in [0.5, 0.6) is 0 Å². The van der Waals surface area contributed by atoms with Gasteiger partial charge in [0.1, 0.15) is 6.04 Å². The van der Waals surface area contributed by atoms with Gasteiger partial charge in [-0.15, -0.1) is 0 Å². The van der Waals surface area contributed by atoms with Gasteiger partial charge in [0.25, 0.3) is 0 Å². The molecule has 6 heteroatoms. The summed E-state index contributed by atoms with van der Waals surface area (Å²) in [4.78, 5) is 9.81. The van der Waals surface area contributed by atoms with Crippen LogP contribution in [0.4, 0.5) is 13.2 Å². The molecule has 60 valence electrons. The van der Waals surface area contributed by atoms with Crippen molar-refractivity contribution in [1.29, 1.82) is 0 Å². The van der Waals surface area contributed by atoms with Gasteiger partial charge in [0, 0.05) is 0 Å². The van der Waals surface area contributed by atoms with E-state index >= 15 is 0 Å². The summed E-state index contributed by atoms with van der Waals surface area (Å²) in [5.74, 6) is -1.53.